The quantitative estimate of drug-likeness (QED) is 0.697. The average molecular weight is 355 g/mol. The molecule has 1 N–H and O–H groups in total. The van der Waals surface area contributed by atoms with Gasteiger partial charge in [-0.05, 0) is 19.1 Å². The Labute approximate surface area is 151 Å². The molecule has 2 heterocycles. The fraction of sp³-hybridized carbons (Fsp3) is 0.333. The van der Waals surface area contributed by atoms with Crippen LogP contribution in [0.2, 0.25) is 0 Å². The number of benzene rings is 1. The van der Waals surface area contributed by atoms with Crippen molar-refractivity contribution in [3.8, 4) is 17.3 Å². The van der Waals surface area contributed by atoms with Gasteiger partial charge in [-0.1, -0.05) is 18.2 Å². The summed E-state index contributed by atoms with van der Waals surface area (Å²) in [6, 6.07) is 9.45. The predicted octanol–water partition coefficient (Wildman–Crippen LogP) is 2.04. The lowest BCUT2D eigenvalue weighted by atomic mass is 10.2. The zero-order valence-corrected chi connectivity index (χ0v) is 15.0. The van der Waals surface area contributed by atoms with Crippen molar-refractivity contribution in [2.45, 2.75) is 26.3 Å². The normalized spacial score (nSPS) is 10.7. The van der Waals surface area contributed by atoms with Gasteiger partial charge in [-0.3, -0.25) is 9.48 Å². The fourth-order valence-electron chi connectivity index (χ4n) is 2.62. The van der Waals surface area contributed by atoms with Crippen molar-refractivity contribution in [1.29, 1.82) is 0 Å². The summed E-state index contributed by atoms with van der Waals surface area (Å²) in [4.78, 5) is 12.1. The maximum atomic E-state index is 12.1. The number of amides is 1. The molecule has 136 valence electrons. The van der Waals surface area contributed by atoms with Gasteiger partial charge in [-0.15, -0.1) is 10.2 Å². The molecule has 0 saturated carbocycles. The summed E-state index contributed by atoms with van der Waals surface area (Å²) in [5, 5.41) is 15.2. The van der Waals surface area contributed by atoms with E-state index in [0.29, 0.717) is 24.7 Å². The van der Waals surface area contributed by atoms with Crippen molar-refractivity contribution >= 4 is 5.91 Å². The Bertz CT molecular complexity index is 900. The SMILES string of the molecule is COc1ccccc1CNC(=O)CCc1nnc(-c2cc(C)nn2C)o1. The van der Waals surface area contributed by atoms with E-state index in [1.165, 1.54) is 0 Å². The van der Waals surface area contributed by atoms with Crippen LogP contribution in [0.25, 0.3) is 11.6 Å². The van der Waals surface area contributed by atoms with Crippen LogP contribution in [0.5, 0.6) is 5.75 Å². The average Bonchev–Trinajstić information content (AvgIpc) is 3.24. The molecule has 0 radical (unpaired) electrons. The van der Waals surface area contributed by atoms with E-state index in [-0.39, 0.29) is 12.3 Å². The van der Waals surface area contributed by atoms with Gasteiger partial charge in [0.2, 0.25) is 11.8 Å². The lowest BCUT2D eigenvalue weighted by molar-refractivity contribution is -0.121. The molecular formula is C18H21N5O3. The Morgan fingerprint density at radius 3 is 2.85 bits per heavy atom. The van der Waals surface area contributed by atoms with Gasteiger partial charge in [-0.25, -0.2) is 0 Å². The largest absolute Gasteiger partial charge is 0.496 e. The predicted molar refractivity (Wildman–Crippen MR) is 94.4 cm³/mol. The molecule has 2 aromatic heterocycles. The van der Waals surface area contributed by atoms with Crippen LogP contribution < -0.4 is 10.1 Å². The zero-order valence-electron chi connectivity index (χ0n) is 15.0. The summed E-state index contributed by atoms with van der Waals surface area (Å²) in [5.74, 6) is 1.48. The van der Waals surface area contributed by atoms with Gasteiger partial charge in [0.25, 0.3) is 5.89 Å². The van der Waals surface area contributed by atoms with Crippen molar-refractivity contribution in [1.82, 2.24) is 25.3 Å². The highest BCUT2D eigenvalue weighted by molar-refractivity contribution is 5.76. The van der Waals surface area contributed by atoms with Crippen LogP contribution in [0.1, 0.15) is 23.6 Å². The molecule has 0 spiro atoms. The van der Waals surface area contributed by atoms with Crippen molar-refractivity contribution < 1.29 is 13.9 Å². The summed E-state index contributed by atoms with van der Waals surface area (Å²) in [7, 11) is 3.43. The Kier molecular flexibility index (Phi) is 5.31. The topological polar surface area (TPSA) is 95.1 Å². The van der Waals surface area contributed by atoms with Crippen LogP contribution >= 0.6 is 0 Å². The van der Waals surface area contributed by atoms with Gasteiger partial charge < -0.3 is 14.5 Å². The highest BCUT2D eigenvalue weighted by atomic mass is 16.5. The first kappa shape index (κ1) is 17.7. The molecule has 3 aromatic rings. The molecule has 1 aromatic carbocycles. The number of ether oxygens (including phenoxy) is 1. The number of nitrogens with one attached hydrogen (secondary N) is 1. The molecule has 0 atom stereocenters. The number of carbonyl (C=O) groups is 1. The van der Waals surface area contributed by atoms with Crippen LogP contribution in [0.4, 0.5) is 0 Å². The molecule has 26 heavy (non-hydrogen) atoms. The van der Waals surface area contributed by atoms with Crippen LogP contribution in [0.3, 0.4) is 0 Å². The van der Waals surface area contributed by atoms with E-state index in [4.69, 9.17) is 9.15 Å². The summed E-state index contributed by atoms with van der Waals surface area (Å²) >= 11 is 0. The Morgan fingerprint density at radius 1 is 1.31 bits per heavy atom. The van der Waals surface area contributed by atoms with Crippen molar-refractivity contribution in [3.05, 3.63) is 47.5 Å². The van der Waals surface area contributed by atoms with Gasteiger partial charge in [0.1, 0.15) is 11.4 Å². The molecule has 3 rings (SSSR count). The first-order chi connectivity index (χ1) is 12.6. The Morgan fingerprint density at radius 2 is 2.12 bits per heavy atom. The summed E-state index contributed by atoms with van der Waals surface area (Å²) in [6.07, 6.45) is 0.642. The second-order valence-corrected chi connectivity index (χ2v) is 5.88. The molecular weight excluding hydrogens is 334 g/mol. The third-order valence-electron chi connectivity index (χ3n) is 3.92. The molecule has 8 nitrogen and oxygen atoms in total. The third-order valence-corrected chi connectivity index (χ3v) is 3.92. The van der Waals surface area contributed by atoms with Crippen LogP contribution in [0.15, 0.2) is 34.7 Å². The van der Waals surface area contributed by atoms with Crippen molar-refractivity contribution in [2.24, 2.45) is 7.05 Å². The highest BCUT2D eigenvalue weighted by Crippen LogP contribution is 2.19. The lowest BCUT2D eigenvalue weighted by Crippen LogP contribution is -2.23. The van der Waals surface area contributed by atoms with Crippen LogP contribution in [-0.2, 0) is 24.8 Å². The molecule has 0 saturated heterocycles. The molecule has 0 unspecified atom stereocenters. The summed E-state index contributed by atoms with van der Waals surface area (Å²) in [6.45, 7) is 2.30. The minimum atomic E-state index is -0.0907. The number of rotatable bonds is 7. The molecule has 0 bridgehead atoms. The van der Waals surface area contributed by atoms with Crippen molar-refractivity contribution in [3.63, 3.8) is 0 Å². The maximum Gasteiger partial charge on any atom is 0.265 e. The molecule has 0 aliphatic rings. The highest BCUT2D eigenvalue weighted by Gasteiger charge is 2.14. The molecule has 8 heteroatoms. The van der Waals surface area contributed by atoms with Crippen LogP contribution in [0, 0.1) is 6.92 Å². The number of hydrogen-bond donors (Lipinski definition) is 1. The number of carbonyl (C=O) groups excluding carboxylic acids is 1. The van der Waals surface area contributed by atoms with E-state index in [9.17, 15) is 4.79 Å². The van der Waals surface area contributed by atoms with Gasteiger partial charge in [0, 0.05) is 32.0 Å². The van der Waals surface area contributed by atoms with E-state index >= 15 is 0 Å². The smallest absolute Gasteiger partial charge is 0.265 e. The molecule has 0 aliphatic heterocycles. The zero-order chi connectivity index (χ0) is 18.5. The van der Waals surface area contributed by atoms with E-state index in [2.05, 4.69) is 20.6 Å². The van der Waals surface area contributed by atoms with Gasteiger partial charge in [0.05, 0.1) is 12.8 Å². The summed E-state index contributed by atoms with van der Waals surface area (Å²) in [5.41, 5.74) is 2.55. The second-order valence-electron chi connectivity index (χ2n) is 5.88. The number of hydrogen-bond acceptors (Lipinski definition) is 6. The van der Waals surface area contributed by atoms with E-state index in [0.717, 1.165) is 22.7 Å². The van der Waals surface area contributed by atoms with Gasteiger partial charge >= 0.3 is 0 Å². The summed E-state index contributed by atoms with van der Waals surface area (Å²) < 4.78 is 12.6. The maximum absolute atomic E-state index is 12.1. The third kappa shape index (κ3) is 4.08. The standard InChI is InChI=1S/C18H21N5O3/c1-12-10-14(23(2)22-12)18-21-20-17(26-18)9-8-16(24)19-11-13-6-4-5-7-15(13)25-3/h4-7,10H,8-9,11H2,1-3H3,(H,19,24). The number of aromatic nitrogens is 4. The minimum absolute atomic E-state index is 0.0907. The van der Waals surface area contributed by atoms with Crippen molar-refractivity contribution in [2.75, 3.05) is 7.11 Å². The Hall–Kier alpha value is -3.16. The Balaban J connectivity index is 1.53. The number of para-hydroxylation sites is 1. The minimum Gasteiger partial charge on any atom is -0.496 e. The first-order valence-electron chi connectivity index (χ1n) is 8.29. The van der Waals surface area contributed by atoms with Crippen LogP contribution in [-0.4, -0.2) is 33.0 Å². The van der Waals surface area contributed by atoms with Gasteiger partial charge in [0.15, 0.2) is 0 Å². The molecule has 0 aliphatic carbocycles. The van der Waals surface area contributed by atoms with E-state index in [1.54, 1.807) is 11.8 Å². The van der Waals surface area contributed by atoms with Gasteiger partial charge in [-0.2, -0.15) is 5.10 Å². The second kappa shape index (κ2) is 7.81. The first-order valence-corrected chi connectivity index (χ1v) is 8.29. The monoisotopic (exact) mass is 355 g/mol. The number of nitrogens with zero attached hydrogens (tertiary/aromatic N) is 4. The molecule has 1 amide bonds. The number of methoxy groups -OCH3 is 1. The molecule has 0 fully saturated rings. The van der Waals surface area contributed by atoms with E-state index < -0.39 is 0 Å². The lowest BCUT2D eigenvalue weighted by Gasteiger charge is -2.09. The fourth-order valence-corrected chi connectivity index (χ4v) is 2.62. The van der Waals surface area contributed by atoms with E-state index in [1.807, 2.05) is 44.3 Å². The number of aryl methyl sites for hydroxylation is 3.